The monoisotopic (exact) mass is 602 g/mol. The first-order chi connectivity index (χ1) is 21.2. The average Bonchev–Trinajstić information content (AvgIpc) is 3.73. The minimum atomic E-state index is -0.838. The van der Waals surface area contributed by atoms with Crippen LogP contribution < -0.4 is 16.2 Å². The number of benzene rings is 2. The highest BCUT2D eigenvalue weighted by atomic mass is 16.5. The third kappa shape index (κ3) is 7.24. The van der Waals surface area contributed by atoms with Crippen molar-refractivity contribution in [2.24, 2.45) is 16.5 Å². The molecule has 2 aliphatic heterocycles. The molecule has 0 amide bonds. The smallest absolute Gasteiger partial charge is 0.163 e. The van der Waals surface area contributed by atoms with E-state index in [9.17, 15) is 20.1 Å². The minimum absolute atomic E-state index is 0.0272. The van der Waals surface area contributed by atoms with Gasteiger partial charge in [-0.15, -0.1) is 0 Å². The highest BCUT2D eigenvalue weighted by Gasteiger charge is 2.44. The van der Waals surface area contributed by atoms with Gasteiger partial charge in [-0.2, -0.15) is 0 Å². The number of fused-ring (bicyclic) bond motifs is 1. The molecule has 0 radical (unpaired) electrons. The third-order valence-electron chi connectivity index (χ3n) is 9.14. The normalized spacial score (nSPS) is 18.6. The molecule has 2 aromatic rings. The molecule has 1 fully saturated rings. The number of ketones is 1. The van der Waals surface area contributed by atoms with Crippen LogP contribution in [0.3, 0.4) is 0 Å². The lowest BCUT2D eigenvalue weighted by molar-refractivity contribution is -0.121. The molecular formula is C35H46N4O5. The fraction of sp³-hybridized carbons (Fsp3) is 0.486. The molecule has 1 aliphatic carbocycles. The van der Waals surface area contributed by atoms with Gasteiger partial charge in [0.05, 0.1) is 30.6 Å². The molecule has 0 aromatic heterocycles. The number of hydrogen-bond acceptors (Lipinski definition) is 9. The van der Waals surface area contributed by atoms with Gasteiger partial charge in [0, 0.05) is 36.2 Å². The third-order valence-corrected chi connectivity index (χ3v) is 9.14. The van der Waals surface area contributed by atoms with Crippen LogP contribution in [0.5, 0.6) is 11.5 Å². The highest BCUT2D eigenvalue weighted by Crippen LogP contribution is 2.51. The molecule has 1 saturated carbocycles. The Bertz CT molecular complexity index is 1430. The van der Waals surface area contributed by atoms with E-state index in [2.05, 4.69) is 23.2 Å². The van der Waals surface area contributed by atoms with E-state index in [-0.39, 0.29) is 42.9 Å². The molecule has 9 heteroatoms. The fourth-order valence-corrected chi connectivity index (χ4v) is 6.81. The Kier molecular flexibility index (Phi) is 10.2. The standard InChI is InChI=1S/C35H46N4O5/c1-2-6-26(40)17-28(42)18-27(41)11-9-23-10-12-32(43)33(15-23)44-22-39-20-29-30(19-38-31(29)21-39)35(13-3-4-14-35)25-8-5-7-24(16-25)34(36)37/h5,7-8,10,12,15-16,19-20,26,28,34,40,42-43H,2-4,6,9,11,13-14,17-18,21-22,36-37H2,1H3/t26-,28+/m0/s1. The molecule has 236 valence electrons. The predicted octanol–water partition coefficient (Wildman–Crippen LogP) is 4.50. The lowest BCUT2D eigenvalue weighted by atomic mass is 9.70. The first-order valence-electron chi connectivity index (χ1n) is 15.9. The van der Waals surface area contributed by atoms with Crippen molar-refractivity contribution in [3.8, 4) is 11.5 Å². The summed E-state index contributed by atoms with van der Waals surface area (Å²) in [5.74, 6) is 0.329. The summed E-state index contributed by atoms with van der Waals surface area (Å²) in [7, 11) is 0. The first-order valence-corrected chi connectivity index (χ1v) is 15.9. The molecule has 44 heavy (non-hydrogen) atoms. The number of hydrogen-bond donors (Lipinski definition) is 5. The molecule has 0 unspecified atom stereocenters. The Morgan fingerprint density at radius 2 is 1.91 bits per heavy atom. The number of aliphatic hydroxyl groups is 2. The summed E-state index contributed by atoms with van der Waals surface area (Å²) in [5, 5.41) is 30.5. The summed E-state index contributed by atoms with van der Waals surface area (Å²) >= 11 is 0. The number of phenolic OH excluding ortho intramolecular Hbond substituents is 1. The summed E-state index contributed by atoms with van der Waals surface area (Å²) in [6.07, 6.45) is 9.00. The number of phenols is 1. The number of nitrogens with two attached hydrogens (primary N) is 2. The Labute approximate surface area is 259 Å². The number of carbonyl (C=O) groups is 1. The second-order valence-corrected chi connectivity index (χ2v) is 12.5. The molecule has 0 spiro atoms. The average molecular weight is 603 g/mol. The minimum Gasteiger partial charge on any atom is -0.504 e. The number of ether oxygens (including phenoxy) is 1. The second-order valence-electron chi connectivity index (χ2n) is 12.5. The van der Waals surface area contributed by atoms with E-state index in [1.165, 1.54) is 11.1 Å². The second kappa shape index (κ2) is 14.1. The number of aromatic hydroxyl groups is 1. The molecular weight excluding hydrogens is 556 g/mol. The van der Waals surface area contributed by atoms with Crippen molar-refractivity contribution >= 4 is 11.5 Å². The van der Waals surface area contributed by atoms with Gasteiger partial charge < -0.3 is 36.4 Å². The zero-order chi connectivity index (χ0) is 31.3. The van der Waals surface area contributed by atoms with Crippen molar-refractivity contribution in [1.29, 1.82) is 0 Å². The van der Waals surface area contributed by atoms with E-state index in [4.69, 9.17) is 21.2 Å². The number of rotatable bonds is 15. The lowest BCUT2D eigenvalue weighted by Gasteiger charge is -2.32. The number of aryl methyl sites for hydroxylation is 1. The maximum absolute atomic E-state index is 12.4. The van der Waals surface area contributed by atoms with Gasteiger partial charge in [-0.05, 0) is 66.5 Å². The Morgan fingerprint density at radius 1 is 1.11 bits per heavy atom. The van der Waals surface area contributed by atoms with Crippen LogP contribution in [-0.4, -0.2) is 57.2 Å². The van der Waals surface area contributed by atoms with Gasteiger partial charge in [0.2, 0.25) is 0 Å². The van der Waals surface area contributed by atoms with Gasteiger partial charge in [-0.25, -0.2) is 0 Å². The van der Waals surface area contributed by atoms with Crippen LogP contribution in [0, 0.1) is 0 Å². The maximum atomic E-state index is 12.4. The van der Waals surface area contributed by atoms with Crippen LogP contribution in [-0.2, 0) is 16.6 Å². The zero-order valence-corrected chi connectivity index (χ0v) is 25.6. The molecule has 2 heterocycles. The predicted molar refractivity (Wildman–Crippen MR) is 171 cm³/mol. The van der Waals surface area contributed by atoms with Crippen molar-refractivity contribution in [1.82, 2.24) is 4.90 Å². The van der Waals surface area contributed by atoms with Crippen molar-refractivity contribution in [2.45, 2.75) is 94.9 Å². The lowest BCUT2D eigenvalue weighted by Crippen LogP contribution is -2.27. The number of carbonyl (C=O) groups excluding carboxylic acids is 1. The summed E-state index contributed by atoms with van der Waals surface area (Å²) in [6.45, 7) is 2.82. The van der Waals surface area contributed by atoms with E-state index >= 15 is 0 Å². The molecule has 0 bridgehead atoms. The van der Waals surface area contributed by atoms with Crippen LogP contribution in [0.4, 0.5) is 0 Å². The molecule has 5 rings (SSSR count). The van der Waals surface area contributed by atoms with Crippen LogP contribution in [0.25, 0.3) is 0 Å². The van der Waals surface area contributed by atoms with Crippen LogP contribution in [0.1, 0.15) is 87.6 Å². The van der Waals surface area contributed by atoms with Crippen molar-refractivity contribution in [3.05, 3.63) is 82.7 Å². The van der Waals surface area contributed by atoms with Gasteiger partial charge in [-0.3, -0.25) is 9.79 Å². The van der Waals surface area contributed by atoms with Gasteiger partial charge in [0.15, 0.2) is 18.2 Å². The number of nitrogens with zero attached hydrogens (tertiary/aromatic N) is 2. The van der Waals surface area contributed by atoms with Crippen molar-refractivity contribution in [3.63, 3.8) is 0 Å². The SMILES string of the molecule is CCC[C@H](O)C[C@@H](O)CC(=O)CCc1ccc(O)c(OCN2C=C3C(C4(c5cccc(C(N)N)c5)CCCC4)=CN=C3C2)c1. The van der Waals surface area contributed by atoms with E-state index in [0.29, 0.717) is 25.1 Å². The van der Waals surface area contributed by atoms with Gasteiger partial charge >= 0.3 is 0 Å². The zero-order valence-electron chi connectivity index (χ0n) is 25.6. The molecule has 9 nitrogen and oxygen atoms in total. The molecule has 2 atom stereocenters. The first kappa shape index (κ1) is 31.9. The molecule has 0 saturated heterocycles. The van der Waals surface area contributed by atoms with Crippen molar-refractivity contribution < 1.29 is 24.9 Å². The van der Waals surface area contributed by atoms with Gasteiger partial charge in [0.25, 0.3) is 0 Å². The Morgan fingerprint density at radius 3 is 2.66 bits per heavy atom. The number of aliphatic imine (C=N–C) groups is 1. The Balaban J connectivity index is 1.20. The number of allylic oxidation sites excluding steroid dienone is 1. The van der Waals surface area contributed by atoms with Gasteiger partial charge in [0.1, 0.15) is 5.78 Å². The quantitative estimate of drug-likeness (QED) is 0.187. The number of Topliss-reactive ketones (excluding diaryl/α,β-unsaturated/α-hetero) is 1. The van der Waals surface area contributed by atoms with Crippen LogP contribution >= 0.6 is 0 Å². The number of aliphatic hydroxyl groups excluding tert-OH is 2. The van der Waals surface area contributed by atoms with E-state index in [1.54, 1.807) is 18.2 Å². The van der Waals surface area contributed by atoms with Gasteiger partial charge in [-0.1, -0.05) is 56.5 Å². The largest absolute Gasteiger partial charge is 0.504 e. The Hall–Kier alpha value is -3.50. The van der Waals surface area contributed by atoms with E-state index in [1.807, 2.05) is 25.3 Å². The van der Waals surface area contributed by atoms with Crippen molar-refractivity contribution in [2.75, 3.05) is 13.3 Å². The summed E-state index contributed by atoms with van der Waals surface area (Å²) in [4.78, 5) is 19.3. The molecule has 2 aromatic carbocycles. The highest BCUT2D eigenvalue weighted by molar-refractivity contribution is 6.10. The summed E-state index contributed by atoms with van der Waals surface area (Å²) in [6, 6.07) is 13.5. The topological polar surface area (TPSA) is 155 Å². The molecule has 7 N–H and O–H groups in total. The van der Waals surface area contributed by atoms with E-state index in [0.717, 1.165) is 54.5 Å². The van der Waals surface area contributed by atoms with E-state index < -0.39 is 18.4 Å². The van der Waals surface area contributed by atoms with Crippen LogP contribution in [0.15, 0.2) is 71.0 Å². The molecule has 3 aliphatic rings. The summed E-state index contributed by atoms with van der Waals surface area (Å²) < 4.78 is 6.05. The van der Waals surface area contributed by atoms with Crippen LogP contribution in [0.2, 0.25) is 0 Å². The summed E-state index contributed by atoms with van der Waals surface area (Å²) in [5.41, 5.74) is 18.3. The fourth-order valence-electron chi connectivity index (χ4n) is 6.81. The maximum Gasteiger partial charge on any atom is 0.163 e.